The number of ketones is 1. The Balaban J connectivity index is 2.18. The molecule has 7 heteroatoms. The molecule has 1 saturated heterocycles. The standard InChI is InChI=1S/C22H24ClNO4S/c1-4-5-6-10-24-18(21-13(2)9-11-29-21)17(20(26)22(24)27)19(25)15-12-14(23)7-8-16(15)28-3/h7-9,11-12,18,25H,4-6,10H2,1-3H3/b19-17+. The number of ether oxygens (including phenoxy) is 1. The van der Waals surface area contributed by atoms with Crippen molar-refractivity contribution in [3.8, 4) is 5.75 Å². The molecule has 1 aromatic carbocycles. The van der Waals surface area contributed by atoms with Crippen molar-refractivity contribution < 1.29 is 19.4 Å². The van der Waals surface area contributed by atoms with Gasteiger partial charge in [-0.05, 0) is 48.6 Å². The van der Waals surface area contributed by atoms with Gasteiger partial charge in [0, 0.05) is 16.4 Å². The summed E-state index contributed by atoms with van der Waals surface area (Å²) in [6.45, 7) is 4.49. The molecule has 29 heavy (non-hydrogen) atoms. The molecule has 1 amide bonds. The van der Waals surface area contributed by atoms with E-state index in [1.807, 2.05) is 18.4 Å². The number of Topliss-reactive ketones (excluding diaryl/α,β-unsaturated/α-hetero) is 1. The number of amides is 1. The summed E-state index contributed by atoms with van der Waals surface area (Å²) in [6.07, 6.45) is 2.76. The Labute approximate surface area is 179 Å². The van der Waals surface area contributed by atoms with Crippen LogP contribution in [-0.4, -0.2) is 35.4 Å². The predicted molar refractivity (Wildman–Crippen MR) is 116 cm³/mol. The Morgan fingerprint density at radius 2 is 2.03 bits per heavy atom. The minimum atomic E-state index is -0.682. The lowest BCUT2D eigenvalue weighted by atomic mass is 9.98. The molecule has 0 radical (unpaired) electrons. The van der Waals surface area contributed by atoms with E-state index < -0.39 is 17.7 Å². The van der Waals surface area contributed by atoms with E-state index in [0.717, 1.165) is 29.7 Å². The number of rotatable bonds is 7. The van der Waals surface area contributed by atoms with Crippen molar-refractivity contribution in [1.29, 1.82) is 0 Å². The van der Waals surface area contributed by atoms with E-state index in [4.69, 9.17) is 16.3 Å². The molecule has 1 aromatic heterocycles. The van der Waals surface area contributed by atoms with Gasteiger partial charge in [0.05, 0.1) is 24.3 Å². The van der Waals surface area contributed by atoms with Crippen LogP contribution in [0, 0.1) is 6.92 Å². The smallest absolute Gasteiger partial charge is 0.295 e. The summed E-state index contributed by atoms with van der Waals surface area (Å²) in [6, 6.07) is 6.14. The number of benzene rings is 1. The molecular formula is C22H24ClNO4S. The number of hydrogen-bond acceptors (Lipinski definition) is 5. The van der Waals surface area contributed by atoms with Crippen molar-refractivity contribution in [3.63, 3.8) is 0 Å². The second-order valence-corrected chi connectivity index (χ2v) is 8.40. The monoisotopic (exact) mass is 433 g/mol. The fourth-order valence-electron chi connectivity index (χ4n) is 3.59. The molecule has 0 spiro atoms. The molecule has 5 nitrogen and oxygen atoms in total. The average molecular weight is 434 g/mol. The van der Waals surface area contributed by atoms with Crippen molar-refractivity contribution >= 4 is 40.4 Å². The van der Waals surface area contributed by atoms with E-state index in [9.17, 15) is 14.7 Å². The molecule has 1 fully saturated rings. The lowest BCUT2D eigenvalue weighted by Crippen LogP contribution is -2.30. The number of nitrogens with zero attached hydrogens (tertiary/aromatic N) is 1. The van der Waals surface area contributed by atoms with Crippen LogP contribution in [0.4, 0.5) is 0 Å². The molecule has 1 atom stereocenters. The summed E-state index contributed by atoms with van der Waals surface area (Å²) in [5.74, 6) is -1.15. The van der Waals surface area contributed by atoms with E-state index in [0.29, 0.717) is 22.9 Å². The van der Waals surface area contributed by atoms with E-state index >= 15 is 0 Å². The van der Waals surface area contributed by atoms with Crippen LogP contribution >= 0.6 is 22.9 Å². The maximum absolute atomic E-state index is 13.0. The summed E-state index contributed by atoms with van der Waals surface area (Å²) in [5.41, 5.74) is 1.36. The highest BCUT2D eigenvalue weighted by Gasteiger charge is 2.47. The Morgan fingerprint density at radius 3 is 2.66 bits per heavy atom. The highest BCUT2D eigenvalue weighted by molar-refractivity contribution is 7.10. The van der Waals surface area contributed by atoms with Gasteiger partial charge in [-0.25, -0.2) is 0 Å². The SMILES string of the molecule is CCCCCN1C(=O)C(=O)/C(=C(/O)c2cc(Cl)ccc2OC)C1c1sccc1C. The molecule has 2 heterocycles. The van der Waals surface area contributed by atoms with Crippen molar-refractivity contribution in [3.05, 3.63) is 56.2 Å². The first-order valence-electron chi connectivity index (χ1n) is 9.57. The lowest BCUT2D eigenvalue weighted by Gasteiger charge is -2.25. The molecule has 1 aliphatic heterocycles. The summed E-state index contributed by atoms with van der Waals surface area (Å²) < 4.78 is 5.34. The third-order valence-electron chi connectivity index (χ3n) is 5.11. The topological polar surface area (TPSA) is 66.8 Å². The number of halogens is 1. The Bertz CT molecular complexity index is 965. The first-order valence-corrected chi connectivity index (χ1v) is 10.8. The van der Waals surface area contributed by atoms with Gasteiger partial charge in [-0.15, -0.1) is 11.3 Å². The largest absolute Gasteiger partial charge is 0.507 e. The van der Waals surface area contributed by atoms with Gasteiger partial charge in [-0.1, -0.05) is 31.4 Å². The molecule has 0 saturated carbocycles. The van der Waals surface area contributed by atoms with Gasteiger partial charge in [0.25, 0.3) is 11.7 Å². The molecule has 0 aliphatic carbocycles. The number of aliphatic hydroxyl groups excluding tert-OH is 1. The van der Waals surface area contributed by atoms with Crippen LogP contribution in [0.25, 0.3) is 5.76 Å². The first kappa shape index (κ1) is 21.4. The van der Waals surface area contributed by atoms with Crippen molar-refractivity contribution in [1.82, 2.24) is 4.90 Å². The van der Waals surface area contributed by atoms with Gasteiger partial charge in [0.1, 0.15) is 11.5 Å². The van der Waals surface area contributed by atoms with Gasteiger partial charge in [0.2, 0.25) is 0 Å². The van der Waals surface area contributed by atoms with Crippen LogP contribution < -0.4 is 4.74 Å². The Morgan fingerprint density at radius 1 is 1.28 bits per heavy atom. The second-order valence-electron chi connectivity index (χ2n) is 7.01. The summed E-state index contributed by atoms with van der Waals surface area (Å²) in [4.78, 5) is 28.3. The number of hydrogen-bond donors (Lipinski definition) is 1. The van der Waals surface area contributed by atoms with Crippen LogP contribution in [0.15, 0.2) is 35.2 Å². The fraction of sp³-hybridized carbons (Fsp3) is 0.364. The summed E-state index contributed by atoms with van der Waals surface area (Å²) in [5, 5.41) is 13.5. The first-order chi connectivity index (χ1) is 13.9. The summed E-state index contributed by atoms with van der Waals surface area (Å²) >= 11 is 7.59. The number of aliphatic hydroxyl groups is 1. The minimum Gasteiger partial charge on any atom is -0.507 e. The maximum Gasteiger partial charge on any atom is 0.295 e. The zero-order chi connectivity index (χ0) is 21.1. The normalized spacial score (nSPS) is 18.5. The number of unbranched alkanes of at least 4 members (excludes halogenated alkanes) is 2. The number of methoxy groups -OCH3 is 1. The van der Waals surface area contributed by atoms with Crippen LogP contribution in [0.1, 0.15) is 48.2 Å². The molecular weight excluding hydrogens is 410 g/mol. The van der Waals surface area contributed by atoms with Crippen LogP contribution in [0.3, 0.4) is 0 Å². The van der Waals surface area contributed by atoms with E-state index in [1.54, 1.807) is 23.1 Å². The zero-order valence-electron chi connectivity index (χ0n) is 16.7. The maximum atomic E-state index is 13.0. The fourth-order valence-corrected chi connectivity index (χ4v) is 4.81. The molecule has 1 unspecified atom stereocenters. The number of likely N-dealkylation sites (tertiary alicyclic amines) is 1. The van der Waals surface area contributed by atoms with Gasteiger partial charge >= 0.3 is 0 Å². The highest BCUT2D eigenvalue weighted by Crippen LogP contribution is 2.44. The van der Waals surface area contributed by atoms with E-state index in [-0.39, 0.29) is 11.3 Å². The van der Waals surface area contributed by atoms with Crippen molar-refractivity contribution in [2.45, 2.75) is 39.2 Å². The average Bonchev–Trinajstić information content (AvgIpc) is 3.23. The third kappa shape index (κ3) is 4.05. The van der Waals surface area contributed by atoms with Gasteiger partial charge in [0.15, 0.2) is 0 Å². The Kier molecular flexibility index (Phi) is 6.65. The zero-order valence-corrected chi connectivity index (χ0v) is 18.3. The lowest BCUT2D eigenvalue weighted by molar-refractivity contribution is -0.139. The van der Waals surface area contributed by atoms with Gasteiger partial charge in [-0.2, -0.15) is 0 Å². The van der Waals surface area contributed by atoms with Gasteiger partial charge in [-0.3, -0.25) is 9.59 Å². The van der Waals surface area contributed by atoms with Crippen LogP contribution in [0.2, 0.25) is 5.02 Å². The number of thiophene rings is 1. The van der Waals surface area contributed by atoms with E-state index in [1.165, 1.54) is 18.4 Å². The molecule has 1 N–H and O–H groups in total. The van der Waals surface area contributed by atoms with Crippen molar-refractivity contribution in [2.24, 2.45) is 0 Å². The van der Waals surface area contributed by atoms with Crippen molar-refractivity contribution in [2.75, 3.05) is 13.7 Å². The minimum absolute atomic E-state index is 0.0811. The molecule has 154 valence electrons. The van der Waals surface area contributed by atoms with Gasteiger partial charge < -0.3 is 14.7 Å². The van der Waals surface area contributed by atoms with Crippen LogP contribution in [-0.2, 0) is 9.59 Å². The van der Waals surface area contributed by atoms with Crippen LogP contribution in [0.5, 0.6) is 5.75 Å². The molecule has 1 aliphatic rings. The molecule has 3 rings (SSSR count). The number of carbonyl (C=O) groups is 2. The molecule has 2 aromatic rings. The number of carbonyl (C=O) groups excluding carboxylic acids is 2. The highest BCUT2D eigenvalue weighted by atomic mass is 35.5. The third-order valence-corrected chi connectivity index (χ3v) is 6.42. The summed E-state index contributed by atoms with van der Waals surface area (Å²) in [7, 11) is 1.48. The second kappa shape index (κ2) is 9.01. The quantitative estimate of drug-likeness (QED) is 0.277. The Hall–Kier alpha value is -2.31. The number of aryl methyl sites for hydroxylation is 1. The predicted octanol–water partition coefficient (Wildman–Crippen LogP) is 5.33. The van der Waals surface area contributed by atoms with E-state index in [2.05, 4.69) is 6.92 Å². The molecule has 0 bridgehead atoms.